The first kappa shape index (κ1) is 11.8. The molecule has 0 aliphatic rings. The van der Waals surface area contributed by atoms with Crippen LogP contribution >= 0.6 is 0 Å². The van der Waals surface area contributed by atoms with Gasteiger partial charge in [-0.15, -0.1) is 0 Å². The van der Waals surface area contributed by atoms with Crippen LogP contribution in [0.25, 0.3) is 11.3 Å². The van der Waals surface area contributed by atoms with Gasteiger partial charge in [-0.05, 0) is 18.2 Å². The fraction of sp³-hybridized carbons (Fsp3) is 0.0909. The van der Waals surface area contributed by atoms with Crippen LogP contribution in [0.4, 0.5) is 5.69 Å². The van der Waals surface area contributed by atoms with Gasteiger partial charge in [0.15, 0.2) is 5.75 Å². The first-order valence-corrected chi connectivity index (χ1v) is 5.00. The van der Waals surface area contributed by atoms with Gasteiger partial charge in [0.2, 0.25) is 0 Å². The predicted octanol–water partition coefficient (Wildman–Crippen LogP) is 1.35. The molecule has 0 amide bonds. The Hall–Kier alpha value is -2.70. The summed E-state index contributed by atoms with van der Waals surface area (Å²) in [5.41, 5.74) is 0.690. The highest BCUT2D eigenvalue weighted by Crippen LogP contribution is 2.30. The topological polar surface area (TPSA) is 98.1 Å². The van der Waals surface area contributed by atoms with Crippen molar-refractivity contribution >= 4 is 5.69 Å². The number of nitro benzene ring substituents is 1. The highest BCUT2D eigenvalue weighted by atomic mass is 16.6. The molecule has 1 aromatic carbocycles. The normalized spacial score (nSPS) is 10.1. The zero-order valence-electron chi connectivity index (χ0n) is 9.41. The maximum absolute atomic E-state index is 10.9. The van der Waals surface area contributed by atoms with E-state index in [4.69, 9.17) is 4.74 Å². The molecule has 7 heteroatoms. The molecule has 1 heterocycles. The zero-order valence-corrected chi connectivity index (χ0v) is 9.41. The van der Waals surface area contributed by atoms with Crippen LogP contribution in [0.1, 0.15) is 0 Å². The van der Waals surface area contributed by atoms with Crippen LogP contribution in [-0.4, -0.2) is 22.2 Å². The average molecular weight is 247 g/mol. The summed E-state index contributed by atoms with van der Waals surface area (Å²) in [6, 6.07) is 7.23. The number of hydrogen-bond donors (Lipinski definition) is 1. The van der Waals surface area contributed by atoms with E-state index < -0.39 is 4.92 Å². The number of H-pyrrole nitrogens is 1. The molecule has 18 heavy (non-hydrogen) atoms. The van der Waals surface area contributed by atoms with Gasteiger partial charge < -0.3 is 4.74 Å². The van der Waals surface area contributed by atoms with Crippen LogP contribution in [0, 0.1) is 10.1 Å². The van der Waals surface area contributed by atoms with Crippen molar-refractivity contribution in [1.82, 2.24) is 10.2 Å². The minimum Gasteiger partial charge on any atom is -0.490 e. The number of rotatable bonds is 3. The Morgan fingerprint density at radius 1 is 1.33 bits per heavy atom. The van der Waals surface area contributed by atoms with Crippen molar-refractivity contribution in [3.05, 3.63) is 50.8 Å². The summed E-state index contributed by atoms with van der Waals surface area (Å²) in [7, 11) is 1.35. The van der Waals surface area contributed by atoms with Crippen molar-refractivity contribution in [2.75, 3.05) is 7.11 Å². The van der Waals surface area contributed by atoms with Gasteiger partial charge in [0.05, 0.1) is 17.7 Å². The lowest BCUT2D eigenvalue weighted by molar-refractivity contribution is -0.385. The van der Waals surface area contributed by atoms with E-state index in [9.17, 15) is 14.9 Å². The first-order chi connectivity index (χ1) is 8.61. The molecule has 0 atom stereocenters. The summed E-state index contributed by atoms with van der Waals surface area (Å²) >= 11 is 0. The minimum atomic E-state index is -0.525. The van der Waals surface area contributed by atoms with E-state index in [1.54, 1.807) is 6.07 Å². The van der Waals surface area contributed by atoms with E-state index in [1.165, 1.54) is 31.4 Å². The number of nitro groups is 1. The largest absolute Gasteiger partial charge is 0.490 e. The molecule has 0 aliphatic carbocycles. The van der Waals surface area contributed by atoms with E-state index in [0.29, 0.717) is 11.3 Å². The van der Waals surface area contributed by atoms with Crippen LogP contribution in [0.15, 0.2) is 35.1 Å². The van der Waals surface area contributed by atoms with Crippen molar-refractivity contribution in [3.8, 4) is 17.0 Å². The van der Waals surface area contributed by atoms with Crippen molar-refractivity contribution in [2.45, 2.75) is 0 Å². The molecule has 0 spiro atoms. The Bertz CT molecular complexity index is 630. The van der Waals surface area contributed by atoms with Gasteiger partial charge in [0.1, 0.15) is 0 Å². The van der Waals surface area contributed by atoms with Gasteiger partial charge >= 0.3 is 5.69 Å². The highest BCUT2D eigenvalue weighted by molar-refractivity contribution is 5.65. The van der Waals surface area contributed by atoms with Crippen LogP contribution in [0.5, 0.6) is 5.75 Å². The fourth-order valence-electron chi connectivity index (χ4n) is 1.49. The molecule has 0 fully saturated rings. The Labute approximate surface area is 101 Å². The summed E-state index contributed by atoms with van der Waals surface area (Å²) in [5, 5.41) is 16.9. The first-order valence-electron chi connectivity index (χ1n) is 5.00. The van der Waals surface area contributed by atoms with Crippen molar-refractivity contribution in [2.24, 2.45) is 0 Å². The Morgan fingerprint density at radius 3 is 2.67 bits per heavy atom. The monoisotopic (exact) mass is 247 g/mol. The SMILES string of the molecule is COc1cc(-c2ccc(=O)[nH]n2)ccc1[N+](=O)[O-]. The maximum Gasteiger partial charge on any atom is 0.310 e. The number of methoxy groups -OCH3 is 1. The second-order valence-electron chi connectivity index (χ2n) is 3.45. The van der Waals surface area contributed by atoms with Crippen LogP contribution in [0.3, 0.4) is 0 Å². The van der Waals surface area contributed by atoms with Crippen LogP contribution in [-0.2, 0) is 0 Å². The molecule has 0 radical (unpaired) electrons. The molecular formula is C11H9N3O4. The third kappa shape index (κ3) is 2.19. The van der Waals surface area contributed by atoms with Crippen molar-refractivity contribution in [1.29, 1.82) is 0 Å². The number of nitrogens with zero attached hydrogens (tertiary/aromatic N) is 2. The molecule has 0 bridgehead atoms. The molecule has 1 aromatic heterocycles. The molecule has 0 saturated heterocycles. The van der Waals surface area contributed by atoms with Gasteiger partial charge in [0, 0.05) is 17.7 Å². The van der Waals surface area contributed by atoms with Gasteiger partial charge in [0.25, 0.3) is 5.56 Å². The van der Waals surface area contributed by atoms with Gasteiger partial charge in [-0.3, -0.25) is 14.9 Å². The smallest absolute Gasteiger partial charge is 0.310 e. The number of aromatic amines is 1. The number of ether oxygens (including phenoxy) is 1. The molecule has 0 aliphatic heterocycles. The van der Waals surface area contributed by atoms with Crippen LogP contribution < -0.4 is 10.3 Å². The number of benzene rings is 1. The van der Waals surface area contributed by atoms with E-state index in [2.05, 4.69) is 10.2 Å². The Balaban J connectivity index is 2.50. The van der Waals surface area contributed by atoms with E-state index in [0.717, 1.165) is 0 Å². The van der Waals surface area contributed by atoms with Gasteiger partial charge in [-0.1, -0.05) is 0 Å². The second kappa shape index (κ2) is 4.66. The summed E-state index contributed by atoms with van der Waals surface area (Å²) in [6.07, 6.45) is 0. The average Bonchev–Trinajstić information content (AvgIpc) is 2.38. The van der Waals surface area contributed by atoms with Gasteiger partial charge in [-0.25, -0.2) is 5.10 Å². The third-order valence-corrected chi connectivity index (χ3v) is 2.35. The standard InChI is InChI=1S/C11H9N3O4/c1-18-10-6-7(2-4-9(10)14(16)17)8-3-5-11(15)13-12-8/h2-6H,1H3,(H,13,15). The molecular weight excluding hydrogens is 238 g/mol. The highest BCUT2D eigenvalue weighted by Gasteiger charge is 2.15. The molecule has 1 N–H and O–H groups in total. The molecule has 7 nitrogen and oxygen atoms in total. The second-order valence-corrected chi connectivity index (χ2v) is 3.45. The van der Waals surface area contributed by atoms with E-state index in [1.807, 2.05) is 0 Å². The number of hydrogen-bond acceptors (Lipinski definition) is 5. The number of aromatic nitrogens is 2. The molecule has 2 rings (SSSR count). The molecule has 0 saturated carbocycles. The molecule has 2 aromatic rings. The minimum absolute atomic E-state index is 0.120. The fourth-order valence-corrected chi connectivity index (χ4v) is 1.49. The predicted molar refractivity (Wildman–Crippen MR) is 63.5 cm³/mol. The van der Waals surface area contributed by atoms with E-state index >= 15 is 0 Å². The van der Waals surface area contributed by atoms with Crippen LogP contribution in [0.2, 0.25) is 0 Å². The van der Waals surface area contributed by atoms with E-state index in [-0.39, 0.29) is 17.0 Å². The molecule has 92 valence electrons. The summed E-state index contributed by atoms with van der Waals surface area (Å²) in [5.74, 6) is 0.144. The summed E-state index contributed by atoms with van der Waals surface area (Å²) < 4.78 is 4.95. The van der Waals surface area contributed by atoms with Crippen molar-refractivity contribution < 1.29 is 9.66 Å². The lowest BCUT2D eigenvalue weighted by atomic mass is 10.1. The quantitative estimate of drug-likeness (QED) is 0.652. The molecule has 0 unspecified atom stereocenters. The Kier molecular flexibility index (Phi) is 3.05. The Morgan fingerprint density at radius 2 is 2.11 bits per heavy atom. The third-order valence-electron chi connectivity index (χ3n) is 2.35. The maximum atomic E-state index is 10.9. The lowest BCUT2D eigenvalue weighted by Gasteiger charge is -2.04. The van der Waals surface area contributed by atoms with Crippen molar-refractivity contribution in [3.63, 3.8) is 0 Å². The lowest BCUT2D eigenvalue weighted by Crippen LogP contribution is -2.05. The number of nitrogens with one attached hydrogen (secondary N) is 1. The van der Waals surface area contributed by atoms with Gasteiger partial charge in [-0.2, -0.15) is 5.10 Å². The zero-order chi connectivity index (χ0) is 13.1. The summed E-state index contributed by atoms with van der Waals surface area (Å²) in [6.45, 7) is 0. The summed E-state index contributed by atoms with van der Waals surface area (Å²) in [4.78, 5) is 21.1.